The molecule has 9 heteroatoms. The number of benzene rings is 2. The van der Waals surface area contributed by atoms with Crippen molar-refractivity contribution in [2.24, 2.45) is 0 Å². The lowest BCUT2D eigenvalue weighted by molar-refractivity contribution is -0.126. The highest BCUT2D eigenvalue weighted by Gasteiger charge is 2.33. The fourth-order valence-electron chi connectivity index (χ4n) is 3.25. The van der Waals surface area contributed by atoms with E-state index >= 15 is 0 Å². The van der Waals surface area contributed by atoms with Gasteiger partial charge in [0.2, 0.25) is 5.91 Å². The fraction of sp³-hybridized carbons (Fsp3) is 0.120. The van der Waals surface area contributed by atoms with E-state index in [4.69, 9.17) is 23.8 Å². The Kier molecular flexibility index (Phi) is 7.95. The Morgan fingerprint density at radius 1 is 1.18 bits per heavy atom. The van der Waals surface area contributed by atoms with Crippen LogP contribution in [0.3, 0.4) is 0 Å². The lowest BCUT2D eigenvalue weighted by Crippen LogP contribution is -2.36. The zero-order valence-electron chi connectivity index (χ0n) is 18.2. The van der Waals surface area contributed by atoms with Crippen LogP contribution in [0.5, 0.6) is 0 Å². The molecule has 3 aromatic rings. The molecular formula is C25H20ClN3O2S3. The molecule has 0 saturated carbocycles. The number of carbonyl (C=O) groups excluding carboxylic acids is 2. The summed E-state index contributed by atoms with van der Waals surface area (Å²) in [5.41, 5.74) is 3.07. The van der Waals surface area contributed by atoms with Crippen LogP contribution < -0.4 is 5.32 Å². The molecule has 2 heterocycles. The van der Waals surface area contributed by atoms with E-state index < -0.39 is 0 Å². The van der Waals surface area contributed by atoms with Gasteiger partial charge in [0.15, 0.2) is 5.13 Å². The number of carbonyl (C=O) groups is 2. The maximum atomic E-state index is 12.8. The van der Waals surface area contributed by atoms with Crippen LogP contribution >= 0.6 is 46.9 Å². The van der Waals surface area contributed by atoms with Gasteiger partial charge in [-0.25, -0.2) is 4.98 Å². The molecule has 0 bridgehead atoms. The number of amides is 2. The minimum absolute atomic E-state index is 0.157. The van der Waals surface area contributed by atoms with Crippen LogP contribution in [0.4, 0.5) is 5.13 Å². The number of thiazole rings is 1. The topological polar surface area (TPSA) is 62.3 Å². The molecule has 4 rings (SSSR count). The minimum atomic E-state index is -0.346. The van der Waals surface area contributed by atoms with Crippen LogP contribution in [0.1, 0.15) is 22.9 Å². The average Bonchev–Trinajstić information content (AvgIpc) is 3.35. The summed E-state index contributed by atoms with van der Waals surface area (Å²) in [4.78, 5) is 32.5. The highest BCUT2D eigenvalue weighted by atomic mass is 35.5. The monoisotopic (exact) mass is 525 g/mol. The van der Waals surface area contributed by atoms with Crippen LogP contribution in [-0.4, -0.2) is 32.6 Å². The Bertz CT molecular complexity index is 1280. The predicted molar refractivity (Wildman–Crippen MR) is 145 cm³/mol. The summed E-state index contributed by atoms with van der Waals surface area (Å²) in [5.74, 6) is -0.616. The summed E-state index contributed by atoms with van der Waals surface area (Å²) in [5, 5.41) is 3.94. The van der Waals surface area contributed by atoms with E-state index in [9.17, 15) is 9.59 Å². The quantitative estimate of drug-likeness (QED) is 0.295. The van der Waals surface area contributed by atoms with Gasteiger partial charge < -0.3 is 5.32 Å². The molecule has 1 fully saturated rings. The van der Waals surface area contributed by atoms with Gasteiger partial charge in [0, 0.05) is 22.5 Å². The van der Waals surface area contributed by atoms with Gasteiger partial charge in [0.1, 0.15) is 10.9 Å². The molecule has 1 saturated heterocycles. The second kappa shape index (κ2) is 11.1. The highest BCUT2D eigenvalue weighted by molar-refractivity contribution is 8.26. The zero-order chi connectivity index (χ0) is 24.1. The zero-order valence-corrected chi connectivity index (χ0v) is 21.4. The van der Waals surface area contributed by atoms with Crippen LogP contribution in [0.2, 0.25) is 5.02 Å². The number of allylic oxidation sites excluding steroid dienone is 2. The molecule has 0 spiro atoms. The standard InChI is InChI=1S/C25H20ClN3O2S3/c1-16(11-17-5-3-2-4-6-17)12-21-23(31)29(25(32)34-21)15-22(30)28-24-27-14-20(33-24)13-18-7-9-19(26)10-8-18/h2-12,14H,13,15H2,1H3,(H,27,28,30). The van der Waals surface area contributed by atoms with Crippen molar-refractivity contribution in [2.75, 3.05) is 11.9 Å². The van der Waals surface area contributed by atoms with E-state index in [2.05, 4.69) is 10.3 Å². The Hall–Kier alpha value is -2.78. The number of nitrogens with one attached hydrogen (secondary N) is 1. The van der Waals surface area contributed by atoms with Gasteiger partial charge in [-0.05, 0) is 41.8 Å². The minimum Gasteiger partial charge on any atom is -0.300 e. The molecule has 1 aliphatic rings. The van der Waals surface area contributed by atoms with E-state index in [1.165, 1.54) is 28.0 Å². The van der Waals surface area contributed by atoms with Gasteiger partial charge in [-0.2, -0.15) is 0 Å². The molecule has 34 heavy (non-hydrogen) atoms. The molecule has 0 aliphatic carbocycles. The van der Waals surface area contributed by atoms with Crippen molar-refractivity contribution in [1.29, 1.82) is 0 Å². The van der Waals surface area contributed by atoms with Gasteiger partial charge >= 0.3 is 0 Å². The Balaban J connectivity index is 1.35. The van der Waals surface area contributed by atoms with E-state index in [1.54, 1.807) is 12.3 Å². The Morgan fingerprint density at radius 2 is 1.91 bits per heavy atom. The fourth-order valence-corrected chi connectivity index (χ4v) is 5.54. The summed E-state index contributed by atoms with van der Waals surface area (Å²) in [6.07, 6.45) is 6.22. The lowest BCUT2D eigenvalue weighted by Gasteiger charge is -2.13. The molecule has 2 aromatic carbocycles. The summed E-state index contributed by atoms with van der Waals surface area (Å²) >= 11 is 13.9. The first-order chi connectivity index (χ1) is 16.4. The number of anilines is 1. The van der Waals surface area contributed by atoms with E-state index in [0.29, 0.717) is 25.8 Å². The van der Waals surface area contributed by atoms with Crippen molar-refractivity contribution < 1.29 is 9.59 Å². The van der Waals surface area contributed by atoms with Crippen molar-refractivity contribution in [3.63, 3.8) is 0 Å². The molecular weight excluding hydrogens is 506 g/mol. The Labute approximate surface area is 216 Å². The van der Waals surface area contributed by atoms with Gasteiger partial charge in [0.25, 0.3) is 5.91 Å². The molecule has 5 nitrogen and oxygen atoms in total. The number of hydrogen-bond acceptors (Lipinski definition) is 6. The number of nitrogens with zero attached hydrogens (tertiary/aromatic N) is 2. The third-order valence-corrected chi connectivity index (χ3v) is 7.36. The van der Waals surface area contributed by atoms with E-state index in [1.807, 2.05) is 67.6 Å². The number of halogens is 1. The van der Waals surface area contributed by atoms with E-state index in [-0.39, 0.29) is 18.4 Å². The number of hydrogen-bond donors (Lipinski definition) is 1. The molecule has 2 amide bonds. The molecule has 0 unspecified atom stereocenters. The summed E-state index contributed by atoms with van der Waals surface area (Å²) < 4.78 is 0.362. The first-order valence-corrected chi connectivity index (χ1v) is 12.8. The first kappa shape index (κ1) is 24.3. The average molecular weight is 526 g/mol. The van der Waals surface area contributed by atoms with Crippen molar-refractivity contribution in [3.05, 3.63) is 98.4 Å². The summed E-state index contributed by atoms with van der Waals surface area (Å²) in [7, 11) is 0. The maximum Gasteiger partial charge on any atom is 0.266 e. The van der Waals surface area contributed by atoms with Crippen molar-refractivity contribution in [1.82, 2.24) is 9.88 Å². The first-order valence-electron chi connectivity index (χ1n) is 10.3. The van der Waals surface area contributed by atoms with Gasteiger partial charge in [-0.15, -0.1) is 11.3 Å². The second-order valence-electron chi connectivity index (χ2n) is 7.55. The largest absolute Gasteiger partial charge is 0.300 e. The Morgan fingerprint density at radius 3 is 2.65 bits per heavy atom. The maximum absolute atomic E-state index is 12.8. The molecule has 0 radical (unpaired) electrons. The van der Waals surface area contributed by atoms with Crippen molar-refractivity contribution >= 4 is 74.3 Å². The molecule has 1 aliphatic heterocycles. The molecule has 1 N–H and O–H groups in total. The highest BCUT2D eigenvalue weighted by Crippen LogP contribution is 2.32. The normalized spacial score (nSPS) is 15.3. The predicted octanol–water partition coefficient (Wildman–Crippen LogP) is 6.17. The molecule has 172 valence electrons. The van der Waals surface area contributed by atoms with Crippen LogP contribution in [0, 0.1) is 0 Å². The van der Waals surface area contributed by atoms with Crippen LogP contribution in [-0.2, 0) is 16.0 Å². The lowest BCUT2D eigenvalue weighted by atomic mass is 10.1. The third-order valence-electron chi connectivity index (χ3n) is 4.82. The summed E-state index contributed by atoms with van der Waals surface area (Å²) in [6.45, 7) is 1.77. The van der Waals surface area contributed by atoms with Crippen molar-refractivity contribution in [3.8, 4) is 0 Å². The third kappa shape index (κ3) is 6.42. The molecule has 0 atom stereocenters. The number of thioether (sulfide) groups is 1. The summed E-state index contributed by atoms with van der Waals surface area (Å²) in [6, 6.07) is 17.5. The smallest absolute Gasteiger partial charge is 0.266 e. The van der Waals surface area contributed by atoms with E-state index in [0.717, 1.165) is 21.6 Å². The second-order valence-corrected chi connectivity index (χ2v) is 10.8. The number of aromatic nitrogens is 1. The van der Waals surface area contributed by atoms with Crippen LogP contribution in [0.15, 0.2) is 77.3 Å². The van der Waals surface area contributed by atoms with Crippen LogP contribution in [0.25, 0.3) is 6.08 Å². The molecule has 1 aromatic heterocycles. The number of thiocarbonyl (C=S) groups is 1. The van der Waals surface area contributed by atoms with Gasteiger partial charge in [-0.3, -0.25) is 14.5 Å². The van der Waals surface area contributed by atoms with Gasteiger partial charge in [-0.1, -0.05) is 84.1 Å². The number of rotatable bonds is 7. The van der Waals surface area contributed by atoms with Crippen molar-refractivity contribution in [2.45, 2.75) is 13.3 Å². The van der Waals surface area contributed by atoms with Gasteiger partial charge in [0.05, 0.1) is 4.91 Å². The SMILES string of the molecule is CC(=Cc1ccccc1)C=C1SC(=S)N(CC(=O)Nc2ncc(Cc3ccc(Cl)cc3)s2)C1=O.